The molecule has 0 saturated heterocycles. The summed E-state index contributed by atoms with van der Waals surface area (Å²) in [4.78, 5) is 70.0. The zero-order chi connectivity index (χ0) is 25.7. The van der Waals surface area contributed by atoms with E-state index >= 15 is 0 Å². The monoisotopic (exact) mass is 535 g/mol. The molecular weight excluding hydrogens is 502 g/mol. The Morgan fingerprint density at radius 3 is 1.76 bits per heavy atom. The van der Waals surface area contributed by atoms with Crippen molar-refractivity contribution >= 4 is 21.0 Å². The van der Waals surface area contributed by atoms with Crippen molar-refractivity contribution in [1.82, 2.24) is 19.1 Å². The quantitative estimate of drug-likeness (QED) is 0.151. The number of ether oxygens (including phenoxy) is 2. The fourth-order valence-corrected chi connectivity index (χ4v) is 2.54. The fraction of sp³-hybridized carbons (Fsp3) is 0.524. The number of H-pyrrole nitrogens is 2. The first-order chi connectivity index (χ1) is 16.2. The Balaban J connectivity index is -0.000000275. The predicted octanol–water partition coefficient (Wildman–Crippen LogP) is -4.58. The number of carbonyl (C=O) groups excluding carboxylic acids is 2. The number of nitrogens with one attached hydrogen (secondary N) is 2. The summed E-state index contributed by atoms with van der Waals surface area (Å²) in [5.41, 5.74) is -2.52. The molecule has 4 N–H and O–H groups in total. The van der Waals surface area contributed by atoms with Gasteiger partial charge < -0.3 is 25.9 Å². The zero-order valence-electron chi connectivity index (χ0n) is 21.2. The second-order valence-corrected chi connectivity index (χ2v) is 6.77. The van der Waals surface area contributed by atoms with Gasteiger partial charge in [-0.2, -0.15) is 0 Å². The Morgan fingerprint density at radius 1 is 0.892 bits per heavy atom. The summed E-state index contributed by atoms with van der Waals surface area (Å²) in [6.45, 7) is 2.88. The van der Waals surface area contributed by atoms with Gasteiger partial charge in [-0.15, -0.1) is 0 Å². The number of aliphatic hydroxyl groups excluding tert-OH is 2. The van der Waals surface area contributed by atoms with Crippen LogP contribution in [0.25, 0.3) is 0 Å². The molecule has 0 saturated carbocycles. The van der Waals surface area contributed by atoms with Crippen molar-refractivity contribution < 1.29 is 60.3 Å². The molecule has 0 unspecified atom stereocenters. The van der Waals surface area contributed by atoms with Crippen LogP contribution in [-0.4, -0.2) is 75.7 Å². The molecule has 3 radical (unpaired) electrons. The SMILES string of the molecule is C.CC[C@H](C=O)O[C@H](C=O)n1ccc(=O)[nH]c1=O.CC[C@H](CO)O[C@H](CO)n1ccc(=O)[nH]c1=O.[B].[H-].[Na+]. The number of aromatic amines is 2. The van der Waals surface area contributed by atoms with Gasteiger partial charge in [0.1, 0.15) is 12.4 Å². The first kappa shape index (κ1) is 39.1. The number of carbonyl (C=O) groups is 2. The van der Waals surface area contributed by atoms with Crippen LogP contribution in [0.3, 0.4) is 0 Å². The molecule has 0 amide bonds. The van der Waals surface area contributed by atoms with Crippen LogP contribution in [0.4, 0.5) is 0 Å². The van der Waals surface area contributed by atoms with E-state index in [2.05, 4.69) is 4.98 Å². The van der Waals surface area contributed by atoms with Crippen LogP contribution >= 0.6 is 0 Å². The number of aromatic nitrogens is 4. The van der Waals surface area contributed by atoms with Gasteiger partial charge in [0.05, 0.1) is 19.3 Å². The molecule has 0 aliphatic heterocycles. The molecule has 0 aromatic carbocycles. The Hall–Kier alpha value is -2.40. The zero-order valence-corrected chi connectivity index (χ0v) is 22.2. The van der Waals surface area contributed by atoms with E-state index in [1.807, 2.05) is 11.9 Å². The summed E-state index contributed by atoms with van der Waals surface area (Å²) in [5, 5.41) is 18.1. The van der Waals surface area contributed by atoms with Gasteiger partial charge in [0.15, 0.2) is 18.7 Å². The third-order valence-electron chi connectivity index (χ3n) is 4.44. The largest absolute Gasteiger partial charge is 1.00 e. The molecular formula is C21H33BN4NaO10. The Morgan fingerprint density at radius 2 is 1.41 bits per heavy atom. The van der Waals surface area contributed by atoms with E-state index < -0.39 is 53.8 Å². The van der Waals surface area contributed by atoms with Crippen molar-refractivity contribution in [2.45, 2.75) is 58.8 Å². The molecule has 37 heavy (non-hydrogen) atoms. The summed E-state index contributed by atoms with van der Waals surface area (Å²) in [5.74, 6) is 0. The second kappa shape index (κ2) is 20.6. The van der Waals surface area contributed by atoms with Crippen molar-refractivity contribution in [2.24, 2.45) is 0 Å². The fourth-order valence-electron chi connectivity index (χ4n) is 2.54. The molecule has 201 valence electrons. The van der Waals surface area contributed by atoms with Crippen molar-refractivity contribution in [3.8, 4) is 0 Å². The van der Waals surface area contributed by atoms with Gasteiger partial charge in [0.25, 0.3) is 11.1 Å². The minimum atomic E-state index is -1.23. The van der Waals surface area contributed by atoms with E-state index in [4.69, 9.17) is 19.7 Å². The summed E-state index contributed by atoms with van der Waals surface area (Å²) in [7, 11) is 0. The van der Waals surface area contributed by atoms with Gasteiger partial charge in [0, 0.05) is 32.9 Å². The van der Waals surface area contributed by atoms with E-state index in [9.17, 15) is 28.8 Å². The first-order valence-corrected chi connectivity index (χ1v) is 10.3. The van der Waals surface area contributed by atoms with Gasteiger partial charge in [-0.1, -0.05) is 21.3 Å². The van der Waals surface area contributed by atoms with Crippen molar-refractivity contribution in [3.05, 3.63) is 66.2 Å². The third kappa shape index (κ3) is 12.6. The number of hydrogen-bond acceptors (Lipinski definition) is 10. The number of aldehydes is 2. The molecule has 0 fully saturated rings. The minimum absolute atomic E-state index is 0. The standard InChI is InChI=1S/C10H16N2O5.C10H12N2O5.CH4.B.Na.H/c2*1-2-7(5-13)17-9(6-14)12-4-3-8(15)11-10(12)16;;;;/h3-4,7,9,13-14H,2,5-6H2,1H3,(H,11,15,16);3-7,9H,2H2,1H3,(H,11,15,16);1H4;;;/q;;;;+1;-1/t2*7-,9-;;;;/m11..../s1. The van der Waals surface area contributed by atoms with Crippen LogP contribution in [0.1, 0.15) is 48.0 Å². The maximum absolute atomic E-state index is 11.5. The molecule has 4 atom stereocenters. The molecule has 0 aliphatic rings. The number of nitrogens with zero attached hydrogens (tertiary/aromatic N) is 2. The molecule has 14 nitrogen and oxygen atoms in total. The third-order valence-corrected chi connectivity index (χ3v) is 4.44. The maximum atomic E-state index is 11.5. The molecule has 2 aromatic rings. The second-order valence-electron chi connectivity index (χ2n) is 6.77. The van der Waals surface area contributed by atoms with E-state index in [0.29, 0.717) is 25.4 Å². The van der Waals surface area contributed by atoms with Gasteiger partial charge in [0.2, 0.25) is 0 Å². The van der Waals surface area contributed by atoms with E-state index in [1.54, 1.807) is 6.92 Å². The molecule has 2 aromatic heterocycles. The summed E-state index contributed by atoms with van der Waals surface area (Å²) < 4.78 is 12.4. The average Bonchev–Trinajstić information content (AvgIpc) is 2.82. The molecule has 0 aliphatic carbocycles. The van der Waals surface area contributed by atoms with Crippen molar-refractivity contribution in [2.75, 3.05) is 13.2 Å². The summed E-state index contributed by atoms with van der Waals surface area (Å²) in [6, 6.07) is 2.25. The van der Waals surface area contributed by atoms with Crippen LogP contribution in [0.15, 0.2) is 43.7 Å². The van der Waals surface area contributed by atoms with Crippen molar-refractivity contribution in [1.29, 1.82) is 0 Å². The van der Waals surface area contributed by atoms with Crippen molar-refractivity contribution in [3.63, 3.8) is 0 Å². The Kier molecular flexibility index (Phi) is 21.8. The maximum Gasteiger partial charge on any atom is 1.00 e. The Labute approximate surface area is 238 Å². The number of aliphatic hydroxyl groups is 2. The number of rotatable bonds is 12. The number of hydrogen-bond donors (Lipinski definition) is 4. The van der Waals surface area contributed by atoms with Crippen LogP contribution in [0.5, 0.6) is 0 Å². The normalized spacial score (nSPS) is 13.1. The van der Waals surface area contributed by atoms with Crippen LogP contribution in [0.2, 0.25) is 0 Å². The van der Waals surface area contributed by atoms with Gasteiger partial charge in [-0.3, -0.25) is 33.5 Å². The van der Waals surface area contributed by atoms with E-state index in [-0.39, 0.29) is 53.4 Å². The predicted molar refractivity (Wildman–Crippen MR) is 131 cm³/mol. The summed E-state index contributed by atoms with van der Waals surface area (Å²) >= 11 is 0. The summed E-state index contributed by atoms with van der Waals surface area (Å²) in [6.07, 6.45) is 0.848. The molecule has 0 bridgehead atoms. The van der Waals surface area contributed by atoms with Gasteiger partial charge in [-0.05, 0) is 12.8 Å². The van der Waals surface area contributed by atoms with Crippen LogP contribution < -0.4 is 52.1 Å². The Bertz CT molecular complexity index is 1150. The molecule has 16 heteroatoms. The molecule has 2 rings (SSSR count). The van der Waals surface area contributed by atoms with Crippen LogP contribution in [-0.2, 0) is 19.1 Å². The van der Waals surface area contributed by atoms with E-state index in [1.165, 1.54) is 6.20 Å². The smallest absolute Gasteiger partial charge is 1.00 e. The topological polar surface area (TPSA) is 203 Å². The van der Waals surface area contributed by atoms with Gasteiger partial charge >= 0.3 is 40.9 Å². The van der Waals surface area contributed by atoms with Gasteiger partial charge in [-0.25, -0.2) is 9.59 Å². The first-order valence-electron chi connectivity index (χ1n) is 10.3. The molecule has 0 spiro atoms. The average molecular weight is 535 g/mol. The molecule has 2 heterocycles. The van der Waals surface area contributed by atoms with E-state index in [0.717, 1.165) is 27.5 Å². The van der Waals surface area contributed by atoms with Crippen LogP contribution in [0, 0.1) is 0 Å². The minimum Gasteiger partial charge on any atom is -1.00 e.